The number of nitrogens with one attached hydrogen (secondary N) is 2. The molecule has 1 fully saturated rings. The van der Waals surface area contributed by atoms with Gasteiger partial charge in [0.15, 0.2) is 0 Å². The van der Waals surface area contributed by atoms with Gasteiger partial charge in [-0.15, -0.1) is 10.2 Å². The number of aromatic nitrogens is 2. The predicted octanol–water partition coefficient (Wildman–Crippen LogP) is 0.641. The first kappa shape index (κ1) is 10.5. The molecule has 2 N–H and O–H groups in total. The molecule has 1 aromatic rings. The summed E-state index contributed by atoms with van der Waals surface area (Å²) < 4.78 is 0. The van der Waals surface area contributed by atoms with Crippen LogP contribution in [0.1, 0.15) is 11.9 Å². The lowest BCUT2D eigenvalue weighted by Crippen LogP contribution is -2.27. The van der Waals surface area contributed by atoms with Gasteiger partial charge in [-0.1, -0.05) is 18.3 Å². The first-order valence-corrected chi connectivity index (χ1v) is 5.80. The molecule has 1 aliphatic heterocycles. The third kappa shape index (κ3) is 2.32. The minimum absolute atomic E-state index is 0.0450. The first-order chi connectivity index (χ1) is 7.16. The maximum absolute atomic E-state index is 11.8. The van der Waals surface area contributed by atoms with Crippen LogP contribution in [0.3, 0.4) is 0 Å². The average Bonchev–Trinajstić information content (AvgIpc) is 2.75. The summed E-state index contributed by atoms with van der Waals surface area (Å²) in [6.45, 7) is 5.61. The molecule has 2 rings (SSSR count). The van der Waals surface area contributed by atoms with E-state index in [1.165, 1.54) is 11.3 Å². The summed E-state index contributed by atoms with van der Waals surface area (Å²) in [5.74, 6) is 0.483. The first-order valence-electron chi connectivity index (χ1n) is 4.98. The lowest BCUT2D eigenvalue weighted by Gasteiger charge is -2.11. The Kier molecular flexibility index (Phi) is 2.97. The van der Waals surface area contributed by atoms with E-state index in [4.69, 9.17) is 0 Å². The fraction of sp³-hybridized carbons (Fsp3) is 0.667. The lowest BCUT2D eigenvalue weighted by atomic mass is 9.97. The van der Waals surface area contributed by atoms with Gasteiger partial charge in [0.25, 0.3) is 0 Å². The van der Waals surface area contributed by atoms with Crippen molar-refractivity contribution in [2.24, 2.45) is 11.8 Å². The number of anilines is 1. The van der Waals surface area contributed by atoms with Gasteiger partial charge in [0, 0.05) is 6.54 Å². The van der Waals surface area contributed by atoms with E-state index in [2.05, 4.69) is 27.8 Å². The van der Waals surface area contributed by atoms with Crippen molar-refractivity contribution in [3.63, 3.8) is 0 Å². The molecule has 2 heterocycles. The Bertz CT molecular complexity index is 365. The van der Waals surface area contributed by atoms with Crippen LogP contribution in [-0.2, 0) is 4.79 Å². The van der Waals surface area contributed by atoms with Crippen LogP contribution in [0, 0.1) is 18.8 Å². The van der Waals surface area contributed by atoms with Crippen molar-refractivity contribution in [2.45, 2.75) is 13.8 Å². The normalized spacial score (nSPS) is 25.5. The second kappa shape index (κ2) is 4.24. The Morgan fingerprint density at radius 1 is 1.53 bits per heavy atom. The van der Waals surface area contributed by atoms with Crippen molar-refractivity contribution < 1.29 is 4.79 Å². The summed E-state index contributed by atoms with van der Waals surface area (Å²) in [5, 5.41) is 15.2. The molecule has 6 heteroatoms. The molecule has 1 aromatic heterocycles. The highest BCUT2D eigenvalue weighted by Gasteiger charge is 2.29. The van der Waals surface area contributed by atoms with Gasteiger partial charge in [0.2, 0.25) is 11.0 Å². The van der Waals surface area contributed by atoms with Crippen LogP contribution in [0.2, 0.25) is 0 Å². The number of hydrogen-bond donors (Lipinski definition) is 2. The zero-order valence-corrected chi connectivity index (χ0v) is 9.60. The average molecular weight is 226 g/mol. The van der Waals surface area contributed by atoms with Crippen LogP contribution in [-0.4, -0.2) is 29.2 Å². The molecular weight excluding hydrogens is 212 g/mol. The molecule has 82 valence electrons. The summed E-state index contributed by atoms with van der Waals surface area (Å²) in [7, 11) is 0. The molecule has 1 saturated heterocycles. The summed E-state index contributed by atoms with van der Waals surface area (Å²) in [4.78, 5) is 11.8. The molecule has 0 aromatic carbocycles. The fourth-order valence-corrected chi connectivity index (χ4v) is 2.30. The quantitative estimate of drug-likeness (QED) is 0.776. The molecule has 0 bridgehead atoms. The molecule has 0 saturated carbocycles. The fourth-order valence-electron chi connectivity index (χ4n) is 1.71. The Labute approximate surface area is 92.3 Å². The van der Waals surface area contributed by atoms with Crippen molar-refractivity contribution in [3.05, 3.63) is 5.01 Å². The van der Waals surface area contributed by atoms with Gasteiger partial charge in [-0.05, 0) is 19.4 Å². The molecule has 5 nitrogen and oxygen atoms in total. The monoisotopic (exact) mass is 226 g/mol. The van der Waals surface area contributed by atoms with Crippen molar-refractivity contribution in [1.29, 1.82) is 0 Å². The third-order valence-corrected chi connectivity index (χ3v) is 3.36. The molecule has 0 radical (unpaired) electrons. The van der Waals surface area contributed by atoms with Crippen LogP contribution >= 0.6 is 11.3 Å². The van der Waals surface area contributed by atoms with Crippen molar-refractivity contribution in [1.82, 2.24) is 15.5 Å². The summed E-state index contributed by atoms with van der Waals surface area (Å²) in [6, 6.07) is 0. The van der Waals surface area contributed by atoms with E-state index < -0.39 is 0 Å². The van der Waals surface area contributed by atoms with Crippen molar-refractivity contribution in [2.75, 3.05) is 18.4 Å². The van der Waals surface area contributed by atoms with E-state index in [0.717, 1.165) is 18.1 Å². The van der Waals surface area contributed by atoms with Crippen LogP contribution < -0.4 is 10.6 Å². The predicted molar refractivity (Wildman–Crippen MR) is 58.8 cm³/mol. The molecule has 0 spiro atoms. The Morgan fingerprint density at radius 2 is 2.33 bits per heavy atom. The van der Waals surface area contributed by atoms with Gasteiger partial charge >= 0.3 is 0 Å². The zero-order chi connectivity index (χ0) is 10.8. The van der Waals surface area contributed by atoms with Crippen molar-refractivity contribution >= 4 is 22.4 Å². The van der Waals surface area contributed by atoms with E-state index in [1.54, 1.807) is 0 Å². The van der Waals surface area contributed by atoms with Gasteiger partial charge in [-0.3, -0.25) is 4.79 Å². The standard InChI is InChI=1S/C9H14N4OS/c1-5-3-10-4-7(5)8(14)11-9-13-12-6(2)15-9/h5,7,10H,3-4H2,1-2H3,(H,11,13,14). The third-order valence-electron chi connectivity index (χ3n) is 2.61. The number of hydrogen-bond acceptors (Lipinski definition) is 5. The van der Waals surface area contributed by atoms with Gasteiger partial charge < -0.3 is 10.6 Å². The highest BCUT2D eigenvalue weighted by molar-refractivity contribution is 7.15. The summed E-state index contributed by atoms with van der Waals surface area (Å²) in [5.41, 5.74) is 0. The van der Waals surface area contributed by atoms with Crippen LogP contribution in [0.4, 0.5) is 5.13 Å². The van der Waals surface area contributed by atoms with E-state index in [-0.39, 0.29) is 11.8 Å². The minimum Gasteiger partial charge on any atom is -0.316 e. The van der Waals surface area contributed by atoms with E-state index in [0.29, 0.717) is 11.0 Å². The molecular formula is C9H14N4OS. The number of carbonyl (C=O) groups excluding carboxylic acids is 1. The lowest BCUT2D eigenvalue weighted by molar-refractivity contribution is -0.120. The van der Waals surface area contributed by atoms with E-state index >= 15 is 0 Å². The van der Waals surface area contributed by atoms with Crippen LogP contribution in [0.5, 0.6) is 0 Å². The second-order valence-electron chi connectivity index (χ2n) is 3.86. The molecule has 2 atom stereocenters. The molecule has 15 heavy (non-hydrogen) atoms. The molecule has 1 amide bonds. The Balaban J connectivity index is 1.97. The topological polar surface area (TPSA) is 66.9 Å². The van der Waals surface area contributed by atoms with Gasteiger partial charge in [-0.25, -0.2) is 0 Å². The zero-order valence-electron chi connectivity index (χ0n) is 8.78. The molecule has 0 aliphatic carbocycles. The van der Waals surface area contributed by atoms with Crippen molar-refractivity contribution in [3.8, 4) is 0 Å². The van der Waals surface area contributed by atoms with Gasteiger partial charge in [0.05, 0.1) is 5.92 Å². The maximum atomic E-state index is 11.8. The van der Waals surface area contributed by atoms with E-state index in [9.17, 15) is 4.79 Å². The van der Waals surface area contributed by atoms with Gasteiger partial charge in [0.1, 0.15) is 5.01 Å². The number of carbonyl (C=O) groups is 1. The largest absolute Gasteiger partial charge is 0.316 e. The highest BCUT2D eigenvalue weighted by Crippen LogP contribution is 2.20. The number of nitrogens with zero attached hydrogens (tertiary/aromatic N) is 2. The number of amides is 1. The van der Waals surface area contributed by atoms with Gasteiger partial charge in [-0.2, -0.15) is 0 Å². The molecule has 1 aliphatic rings. The molecule has 2 unspecified atom stereocenters. The summed E-state index contributed by atoms with van der Waals surface area (Å²) >= 11 is 1.40. The Hall–Kier alpha value is -1.01. The number of aryl methyl sites for hydroxylation is 1. The minimum atomic E-state index is 0.0450. The SMILES string of the molecule is Cc1nnc(NC(=O)C2CNCC2C)s1. The smallest absolute Gasteiger partial charge is 0.230 e. The highest BCUT2D eigenvalue weighted by atomic mass is 32.1. The number of rotatable bonds is 2. The van der Waals surface area contributed by atoms with E-state index in [1.807, 2.05) is 6.92 Å². The van der Waals surface area contributed by atoms with Crippen LogP contribution in [0.25, 0.3) is 0 Å². The maximum Gasteiger partial charge on any atom is 0.230 e. The summed E-state index contributed by atoms with van der Waals surface area (Å²) in [6.07, 6.45) is 0. The second-order valence-corrected chi connectivity index (χ2v) is 5.04. The van der Waals surface area contributed by atoms with Crippen LogP contribution in [0.15, 0.2) is 0 Å². The Morgan fingerprint density at radius 3 is 2.87 bits per heavy atom.